The van der Waals surface area contributed by atoms with E-state index in [9.17, 15) is 18.0 Å². The number of carbonyl (C=O) groups excluding carboxylic acids is 2. The monoisotopic (exact) mass is 666 g/mol. The van der Waals surface area contributed by atoms with Gasteiger partial charge in [0.25, 0.3) is 0 Å². The Morgan fingerprint density at radius 2 is 1.43 bits per heavy atom. The maximum Gasteiger partial charge on any atom is 0.249 e. The normalized spacial score (nSPS) is 17.9. The summed E-state index contributed by atoms with van der Waals surface area (Å²) in [7, 11) is -4.26. The highest BCUT2D eigenvalue weighted by atomic mass is 35.5. The molecule has 0 bridgehead atoms. The van der Waals surface area contributed by atoms with Gasteiger partial charge >= 0.3 is 0 Å². The van der Waals surface area contributed by atoms with Gasteiger partial charge in [-0.25, -0.2) is 8.42 Å². The molecule has 3 atom stereocenters. The van der Waals surface area contributed by atoms with Crippen LogP contribution in [0.1, 0.15) is 42.1 Å². The van der Waals surface area contributed by atoms with Crippen molar-refractivity contribution in [1.82, 2.24) is 9.62 Å². The van der Waals surface area contributed by atoms with Crippen LogP contribution in [0.4, 0.5) is 0 Å². The second-order valence-electron chi connectivity index (χ2n) is 10.5. The van der Waals surface area contributed by atoms with Crippen LogP contribution in [-0.4, -0.2) is 30.5 Å². The molecule has 10 heteroatoms. The Morgan fingerprint density at radius 1 is 0.818 bits per heavy atom. The van der Waals surface area contributed by atoms with Crippen molar-refractivity contribution in [3.05, 3.63) is 147 Å². The van der Waals surface area contributed by atoms with Gasteiger partial charge in [0.2, 0.25) is 15.9 Å². The van der Waals surface area contributed by atoms with Crippen molar-refractivity contribution in [2.75, 3.05) is 0 Å². The summed E-state index contributed by atoms with van der Waals surface area (Å²) in [6.45, 7) is 1.42. The zero-order valence-electron chi connectivity index (χ0n) is 23.7. The number of halogens is 3. The van der Waals surface area contributed by atoms with Gasteiger partial charge in [0.05, 0.1) is 23.0 Å². The first kappa shape index (κ1) is 31.9. The summed E-state index contributed by atoms with van der Waals surface area (Å²) in [5.74, 6) is -0.771. The van der Waals surface area contributed by atoms with Crippen molar-refractivity contribution in [2.45, 2.75) is 42.8 Å². The molecule has 1 amide bonds. The molecule has 0 saturated heterocycles. The number of benzene rings is 4. The van der Waals surface area contributed by atoms with Crippen LogP contribution >= 0.6 is 34.8 Å². The van der Waals surface area contributed by atoms with Gasteiger partial charge in [-0.3, -0.25) is 9.59 Å². The molecule has 0 aromatic heterocycles. The van der Waals surface area contributed by atoms with Gasteiger partial charge in [0.15, 0.2) is 5.78 Å². The number of hydrogen-bond donors (Lipinski definition) is 1. The van der Waals surface area contributed by atoms with Gasteiger partial charge in [-0.15, -0.1) is 0 Å². The highest BCUT2D eigenvalue weighted by molar-refractivity contribution is 7.89. The van der Waals surface area contributed by atoms with E-state index in [-0.39, 0.29) is 29.1 Å². The van der Waals surface area contributed by atoms with E-state index >= 15 is 0 Å². The average Bonchev–Trinajstić information content (AvgIpc) is 3.00. The molecule has 0 unspecified atom stereocenters. The van der Waals surface area contributed by atoms with E-state index in [1.807, 2.05) is 30.3 Å². The number of hydrogen-bond acceptors (Lipinski definition) is 4. The number of nitrogens with zero attached hydrogens (tertiary/aromatic N) is 1. The van der Waals surface area contributed by atoms with E-state index in [1.54, 1.807) is 54.6 Å². The van der Waals surface area contributed by atoms with E-state index in [2.05, 4.69) is 5.32 Å². The highest BCUT2D eigenvalue weighted by Crippen LogP contribution is 2.46. The molecule has 0 saturated carbocycles. The number of rotatable bonds is 9. The Bertz CT molecular complexity index is 1810. The summed E-state index contributed by atoms with van der Waals surface area (Å²) in [6.07, 6.45) is 2.20. The molecule has 6 nitrogen and oxygen atoms in total. The first-order chi connectivity index (χ1) is 21.0. The summed E-state index contributed by atoms with van der Waals surface area (Å²) < 4.78 is 30.5. The molecule has 226 valence electrons. The Balaban J connectivity index is 1.65. The molecule has 44 heavy (non-hydrogen) atoms. The molecule has 0 radical (unpaired) electrons. The molecular formula is C34H29Cl3N2O4S. The molecule has 0 spiro atoms. The first-order valence-electron chi connectivity index (χ1n) is 13.9. The van der Waals surface area contributed by atoms with Crippen LogP contribution in [0.5, 0.6) is 0 Å². The molecule has 4 aromatic carbocycles. The van der Waals surface area contributed by atoms with E-state index in [1.165, 1.54) is 35.5 Å². The molecular weight excluding hydrogens is 639 g/mol. The minimum absolute atomic E-state index is 0.00769. The number of sulfonamides is 1. The van der Waals surface area contributed by atoms with E-state index in [0.29, 0.717) is 26.2 Å². The largest absolute Gasteiger partial charge is 0.342 e. The minimum Gasteiger partial charge on any atom is -0.342 e. The summed E-state index contributed by atoms with van der Waals surface area (Å²) in [5, 5.41) is 4.09. The predicted octanol–water partition coefficient (Wildman–Crippen LogP) is 7.77. The van der Waals surface area contributed by atoms with Gasteiger partial charge in [-0.05, 0) is 85.0 Å². The minimum atomic E-state index is -4.26. The Morgan fingerprint density at radius 3 is 2.05 bits per heavy atom. The fourth-order valence-electron chi connectivity index (χ4n) is 5.41. The number of nitrogens with one attached hydrogen (secondary N) is 1. The van der Waals surface area contributed by atoms with E-state index < -0.39 is 34.1 Å². The molecule has 1 heterocycles. The fourth-order valence-corrected chi connectivity index (χ4v) is 7.71. The number of Topliss-reactive ketones (excluding diaryl/α,β-unsaturated/α-hetero) is 1. The standard InChI is InChI=1S/C34H29Cl3N2O4S/c1-22(40)31(19-23-7-3-2-4-8-23)38-34(41)30-17-18-32(24-9-5-11-27(36)20-24)39(33(30)25-10-6-12-28(37)21-25)44(42,43)29-15-13-26(35)14-16-29/h2-17,20-21,31-33H,18-19H2,1H3,(H,38,41)/t31-,32-,33-/m0/s1. The topological polar surface area (TPSA) is 83.6 Å². The lowest BCUT2D eigenvalue weighted by Gasteiger charge is -2.41. The number of amides is 1. The summed E-state index contributed by atoms with van der Waals surface area (Å²) in [6, 6.07) is 26.4. The van der Waals surface area contributed by atoms with Crippen LogP contribution in [0.15, 0.2) is 120 Å². The van der Waals surface area contributed by atoms with Crippen molar-refractivity contribution >= 4 is 56.5 Å². The summed E-state index contributed by atoms with van der Waals surface area (Å²) >= 11 is 18.9. The van der Waals surface area contributed by atoms with Gasteiger partial charge in [0.1, 0.15) is 0 Å². The van der Waals surface area contributed by atoms with Gasteiger partial charge in [-0.1, -0.05) is 95.5 Å². The van der Waals surface area contributed by atoms with Gasteiger partial charge in [0, 0.05) is 20.6 Å². The lowest BCUT2D eigenvalue weighted by atomic mass is 9.88. The Kier molecular flexibility index (Phi) is 9.93. The molecule has 1 aliphatic rings. The van der Waals surface area contributed by atoms with Crippen LogP contribution in [0.2, 0.25) is 15.1 Å². The summed E-state index contributed by atoms with van der Waals surface area (Å²) in [5.41, 5.74) is 2.21. The van der Waals surface area contributed by atoms with Crippen molar-refractivity contribution in [3.63, 3.8) is 0 Å². The van der Waals surface area contributed by atoms with E-state index in [0.717, 1.165) is 5.56 Å². The van der Waals surface area contributed by atoms with Gasteiger partial charge < -0.3 is 5.32 Å². The van der Waals surface area contributed by atoms with Crippen LogP contribution in [0.25, 0.3) is 0 Å². The second-order valence-corrected chi connectivity index (χ2v) is 13.7. The Hall–Kier alpha value is -3.46. The second kappa shape index (κ2) is 13.7. The third kappa shape index (κ3) is 7.09. The third-order valence-electron chi connectivity index (χ3n) is 7.55. The zero-order chi connectivity index (χ0) is 31.4. The molecule has 0 fully saturated rings. The predicted molar refractivity (Wildman–Crippen MR) is 174 cm³/mol. The SMILES string of the molecule is CC(=O)[C@H](Cc1ccccc1)NC(=O)C1=CC[C@@H](c2cccc(Cl)c2)N(S(=O)(=O)c2ccc(Cl)cc2)[C@H]1c1cccc(Cl)c1. The van der Waals surface area contributed by atoms with Crippen molar-refractivity contribution in [3.8, 4) is 0 Å². The third-order valence-corrected chi connectivity index (χ3v) is 10.2. The highest BCUT2D eigenvalue weighted by Gasteiger charge is 2.45. The van der Waals surface area contributed by atoms with Crippen LogP contribution in [0.3, 0.4) is 0 Å². The van der Waals surface area contributed by atoms with Gasteiger partial charge in [-0.2, -0.15) is 4.31 Å². The molecule has 1 aliphatic heterocycles. The maximum absolute atomic E-state index is 14.6. The fraction of sp³-hybridized carbons (Fsp3) is 0.176. The van der Waals surface area contributed by atoms with E-state index in [4.69, 9.17) is 34.8 Å². The molecule has 5 rings (SSSR count). The number of carbonyl (C=O) groups is 2. The molecule has 1 N–H and O–H groups in total. The molecule has 4 aromatic rings. The smallest absolute Gasteiger partial charge is 0.249 e. The van der Waals surface area contributed by atoms with Crippen molar-refractivity contribution in [2.24, 2.45) is 0 Å². The average molecular weight is 668 g/mol. The lowest BCUT2D eigenvalue weighted by Crippen LogP contribution is -2.47. The summed E-state index contributed by atoms with van der Waals surface area (Å²) in [4.78, 5) is 26.8. The number of ketones is 1. The van der Waals surface area contributed by atoms with Crippen LogP contribution in [-0.2, 0) is 26.0 Å². The van der Waals surface area contributed by atoms with Crippen LogP contribution < -0.4 is 5.32 Å². The zero-order valence-corrected chi connectivity index (χ0v) is 26.7. The lowest BCUT2D eigenvalue weighted by molar-refractivity contribution is -0.125. The molecule has 0 aliphatic carbocycles. The Labute approximate surface area is 272 Å². The van der Waals surface area contributed by atoms with Crippen LogP contribution in [0, 0.1) is 0 Å². The van der Waals surface area contributed by atoms with Crippen molar-refractivity contribution < 1.29 is 18.0 Å². The first-order valence-corrected chi connectivity index (χ1v) is 16.5. The maximum atomic E-state index is 14.6. The van der Waals surface area contributed by atoms with Crippen molar-refractivity contribution in [1.29, 1.82) is 0 Å². The quantitative estimate of drug-likeness (QED) is 0.198.